The zero-order chi connectivity index (χ0) is 24.8. The van der Waals surface area contributed by atoms with E-state index in [1.807, 2.05) is 20.8 Å². The lowest BCUT2D eigenvalue weighted by Crippen LogP contribution is -2.53. The van der Waals surface area contributed by atoms with Crippen LogP contribution in [0.1, 0.15) is 32.8 Å². The molecule has 184 valence electrons. The first-order valence-electron chi connectivity index (χ1n) is 11.1. The summed E-state index contributed by atoms with van der Waals surface area (Å²) in [7, 11) is -1.40. The van der Waals surface area contributed by atoms with Crippen LogP contribution >= 0.6 is 27.7 Å². The number of nitrogens with zero attached hydrogens (tertiary/aromatic N) is 2. The molecule has 2 aliphatic rings. The van der Waals surface area contributed by atoms with Gasteiger partial charge in [-0.15, -0.1) is 0 Å². The summed E-state index contributed by atoms with van der Waals surface area (Å²) < 4.78 is 36.4. The van der Waals surface area contributed by atoms with Crippen molar-refractivity contribution in [2.45, 2.75) is 69.9 Å². The Balaban J connectivity index is 2.05. The number of hydrogen-bond acceptors (Lipinski definition) is 4. The van der Waals surface area contributed by atoms with Crippen molar-refractivity contribution < 1.29 is 23.4 Å². The van der Waals surface area contributed by atoms with Gasteiger partial charge in [-0.3, -0.25) is 0 Å². The summed E-state index contributed by atoms with van der Waals surface area (Å²) in [4.78, 5) is 18.3. The highest BCUT2D eigenvalue weighted by molar-refractivity contribution is 9.10. The van der Waals surface area contributed by atoms with Crippen LogP contribution in [0.2, 0.25) is 25.7 Å². The second kappa shape index (κ2) is 9.58. The van der Waals surface area contributed by atoms with Gasteiger partial charge in [-0.2, -0.15) is 0 Å². The minimum absolute atomic E-state index is 0.0175. The van der Waals surface area contributed by atoms with Gasteiger partial charge in [0.15, 0.2) is 5.17 Å². The molecule has 33 heavy (non-hydrogen) atoms. The molecule has 1 heterocycles. The predicted molar refractivity (Wildman–Crippen MR) is 136 cm³/mol. The Bertz CT molecular complexity index is 937. The molecule has 1 fully saturated rings. The summed E-state index contributed by atoms with van der Waals surface area (Å²) in [5, 5.41) is 10.4. The molecule has 0 saturated heterocycles. The van der Waals surface area contributed by atoms with Gasteiger partial charge in [-0.05, 0) is 30.7 Å². The number of benzene rings is 1. The van der Waals surface area contributed by atoms with Gasteiger partial charge in [0, 0.05) is 41.3 Å². The Morgan fingerprint density at radius 1 is 1.42 bits per heavy atom. The molecule has 0 bridgehead atoms. The molecule has 1 amide bonds. The van der Waals surface area contributed by atoms with Gasteiger partial charge in [-0.25, -0.2) is 23.5 Å². The number of aliphatic imine (C=N–C) groups is 1. The van der Waals surface area contributed by atoms with E-state index in [0.717, 1.165) is 10.9 Å². The van der Waals surface area contributed by atoms with E-state index < -0.39 is 43.8 Å². The molecule has 4 atom stereocenters. The highest BCUT2D eigenvalue weighted by Crippen LogP contribution is 2.59. The fourth-order valence-electron chi connectivity index (χ4n) is 4.09. The molecule has 0 radical (unpaired) electrons. The summed E-state index contributed by atoms with van der Waals surface area (Å²) in [6.07, 6.45) is -1.37. The zero-order valence-corrected chi connectivity index (χ0v) is 23.4. The normalized spacial score (nSPS) is 25.8. The molecule has 1 aliphatic heterocycles. The number of amidine groups is 1. The third kappa shape index (κ3) is 5.82. The first-order valence-corrected chi connectivity index (χ1v) is 16.5. The van der Waals surface area contributed by atoms with Crippen LogP contribution in [0, 0.1) is 17.2 Å². The lowest BCUT2D eigenvalue weighted by molar-refractivity contribution is -0.0761. The van der Waals surface area contributed by atoms with Crippen molar-refractivity contribution in [1.29, 1.82) is 0 Å². The Labute approximate surface area is 208 Å². The maximum atomic E-state index is 14.9. The SMILES string of the molecule is CC(C)(C)C(OCC[Si](C)(C)C)N(C(=O)O)C1=N[C@](CF)(c2cc(Br)ccc2F)[C@@H]2C[C@@H]2S1. The van der Waals surface area contributed by atoms with Gasteiger partial charge in [0.25, 0.3) is 0 Å². The highest BCUT2D eigenvalue weighted by Gasteiger charge is 2.60. The maximum Gasteiger partial charge on any atom is 0.415 e. The van der Waals surface area contributed by atoms with Gasteiger partial charge in [0.1, 0.15) is 24.3 Å². The molecule has 3 rings (SSSR count). The van der Waals surface area contributed by atoms with E-state index in [-0.39, 0.29) is 21.9 Å². The molecule has 5 nitrogen and oxygen atoms in total. The number of amides is 1. The van der Waals surface area contributed by atoms with Crippen LogP contribution in [0.4, 0.5) is 13.6 Å². The Hall–Kier alpha value is -0.973. The average molecular weight is 564 g/mol. The van der Waals surface area contributed by atoms with E-state index in [4.69, 9.17) is 4.74 Å². The number of hydrogen-bond donors (Lipinski definition) is 1. The van der Waals surface area contributed by atoms with Crippen LogP contribution in [-0.2, 0) is 10.3 Å². The number of fused-ring (bicyclic) bond motifs is 1. The molecule has 1 aromatic carbocycles. The summed E-state index contributed by atoms with van der Waals surface area (Å²) in [6.45, 7) is 11.9. The summed E-state index contributed by atoms with van der Waals surface area (Å²) in [5.41, 5.74) is -1.85. The first kappa shape index (κ1) is 26.6. The van der Waals surface area contributed by atoms with E-state index in [1.54, 1.807) is 12.1 Å². The third-order valence-electron chi connectivity index (χ3n) is 6.01. The average Bonchev–Trinajstić information content (AvgIpc) is 3.46. The van der Waals surface area contributed by atoms with Crippen LogP contribution in [0.25, 0.3) is 0 Å². The number of rotatable bonds is 7. The molecule has 0 aromatic heterocycles. The van der Waals surface area contributed by atoms with E-state index in [0.29, 0.717) is 17.5 Å². The van der Waals surface area contributed by atoms with Crippen molar-refractivity contribution in [3.05, 3.63) is 34.1 Å². The fraction of sp³-hybridized carbons (Fsp3) is 0.652. The number of carboxylic acid groups (broad SMARTS) is 1. The van der Waals surface area contributed by atoms with Crippen molar-refractivity contribution in [3.63, 3.8) is 0 Å². The Morgan fingerprint density at radius 2 is 2.09 bits per heavy atom. The number of alkyl halides is 1. The molecular formula is C23H33BrF2N2O3SSi. The summed E-state index contributed by atoms with van der Waals surface area (Å²) in [5.74, 6) is -0.728. The Morgan fingerprint density at radius 3 is 2.64 bits per heavy atom. The van der Waals surface area contributed by atoms with Crippen molar-refractivity contribution in [3.8, 4) is 0 Å². The maximum absolute atomic E-state index is 14.9. The van der Waals surface area contributed by atoms with Crippen LogP contribution < -0.4 is 0 Å². The standard InChI is InChI=1S/C23H33BrF2N2O3SSi/c1-22(2,3)19(31-9-10-33(4,5)6)28(21(29)30)20-27-23(13-25,16-12-18(16)32-20)15-11-14(24)7-8-17(15)26/h7-8,11,16,18-19H,9-10,12-13H2,1-6H3,(H,29,30)/t16-,18+,19?,23-/m1/s1. The summed E-state index contributed by atoms with van der Waals surface area (Å²) in [6, 6.07) is 5.29. The number of ether oxygens (including phenoxy) is 1. The third-order valence-corrected chi connectivity index (χ3v) is 9.53. The highest BCUT2D eigenvalue weighted by atomic mass is 79.9. The van der Waals surface area contributed by atoms with E-state index in [9.17, 15) is 18.7 Å². The summed E-state index contributed by atoms with van der Waals surface area (Å²) >= 11 is 4.67. The van der Waals surface area contributed by atoms with Crippen molar-refractivity contribution >= 4 is 47.0 Å². The second-order valence-electron chi connectivity index (χ2n) is 11.1. The molecule has 10 heteroatoms. The molecule has 0 spiro atoms. The van der Waals surface area contributed by atoms with Gasteiger partial charge < -0.3 is 9.84 Å². The van der Waals surface area contributed by atoms with Gasteiger partial charge >= 0.3 is 6.09 Å². The monoisotopic (exact) mass is 562 g/mol. The van der Waals surface area contributed by atoms with Crippen LogP contribution in [0.3, 0.4) is 0 Å². The van der Waals surface area contributed by atoms with E-state index in [1.165, 1.54) is 17.8 Å². The largest absolute Gasteiger partial charge is 0.465 e. The smallest absolute Gasteiger partial charge is 0.415 e. The predicted octanol–water partition coefficient (Wildman–Crippen LogP) is 6.95. The number of carbonyl (C=O) groups is 1. The Kier molecular flexibility index (Phi) is 7.73. The number of halogens is 3. The number of thioether (sulfide) groups is 1. The lowest BCUT2D eigenvalue weighted by atomic mass is 9.86. The fourth-order valence-corrected chi connectivity index (χ4v) is 6.65. The molecule has 1 N–H and O–H groups in total. The first-order chi connectivity index (χ1) is 15.2. The minimum atomic E-state index is -1.45. The van der Waals surface area contributed by atoms with Gasteiger partial charge in [0.2, 0.25) is 0 Å². The van der Waals surface area contributed by atoms with Crippen molar-refractivity contribution in [1.82, 2.24) is 4.90 Å². The van der Waals surface area contributed by atoms with Crippen LogP contribution in [0.5, 0.6) is 0 Å². The molecule has 1 aromatic rings. The van der Waals surface area contributed by atoms with Crippen molar-refractivity contribution in [2.75, 3.05) is 13.3 Å². The molecule has 1 unspecified atom stereocenters. The van der Waals surface area contributed by atoms with Crippen LogP contribution in [-0.4, -0.2) is 54.1 Å². The van der Waals surface area contributed by atoms with E-state index >= 15 is 0 Å². The van der Waals surface area contributed by atoms with E-state index in [2.05, 4.69) is 40.6 Å². The molecule has 1 aliphatic carbocycles. The van der Waals surface area contributed by atoms with Crippen LogP contribution in [0.15, 0.2) is 27.7 Å². The molecule has 1 saturated carbocycles. The topological polar surface area (TPSA) is 62.1 Å². The molecular weight excluding hydrogens is 530 g/mol. The second-order valence-corrected chi connectivity index (χ2v) is 18.9. The quantitative estimate of drug-likeness (QED) is 0.288. The van der Waals surface area contributed by atoms with Gasteiger partial charge in [-0.1, -0.05) is 68.1 Å². The minimum Gasteiger partial charge on any atom is -0.465 e. The van der Waals surface area contributed by atoms with Crippen molar-refractivity contribution in [2.24, 2.45) is 16.3 Å². The lowest BCUT2D eigenvalue weighted by Gasteiger charge is -2.41. The van der Waals surface area contributed by atoms with Gasteiger partial charge in [0.05, 0.1) is 0 Å². The zero-order valence-electron chi connectivity index (χ0n) is 20.0.